The average Bonchev–Trinajstić information content (AvgIpc) is 3.55. The quantitative estimate of drug-likeness (QED) is 0.489. The lowest BCUT2D eigenvalue weighted by Gasteiger charge is -2.18. The van der Waals surface area contributed by atoms with Gasteiger partial charge < -0.3 is 10.2 Å². The first-order chi connectivity index (χ1) is 15.2. The van der Waals surface area contributed by atoms with Crippen LogP contribution < -0.4 is 10.2 Å². The Morgan fingerprint density at radius 2 is 2.00 bits per heavy atom. The highest BCUT2D eigenvalue weighted by molar-refractivity contribution is 6.01. The lowest BCUT2D eigenvalue weighted by molar-refractivity contribution is -0.111. The Kier molecular flexibility index (Phi) is 5.11. The summed E-state index contributed by atoms with van der Waals surface area (Å²) >= 11 is 0. The van der Waals surface area contributed by atoms with Gasteiger partial charge in [0, 0.05) is 48.7 Å². The number of carbonyl (C=O) groups excluding carboxylic acids is 1. The van der Waals surface area contributed by atoms with Crippen LogP contribution in [0.4, 0.5) is 17.5 Å². The predicted molar refractivity (Wildman–Crippen MR) is 121 cm³/mol. The monoisotopic (exact) mass is 413 g/mol. The van der Waals surface area contributed by atoms with Gasteiger partial charge in [-0.05, 0) is 55.0 Å². The Bertz CT molecular complexity index is 1150. The molecule has 0 radical (unpaired) electrons. The minimum Gasteiger partial charge on any atom is -0.355 e. The Morgan fingerprint density at radius 1 is 1.16 bits per heavy atom. The topological polar surface area (TPSA) is 96.3 Å². The van der Waals surface area contributed by atoms with E-state index >= 15 is 0 Å². The van der Waals surface area contributed by atoms with Crippen molar-refractivity contribution in [1.29, 1.82) is 0 Å². The van der Waals surface area contributed by atoms with Gasteiger partial charge in [-0.1, -0.05) is 6.58 Å². The third-order valence-corrected chi connectivity index (χ3v) is 5.70. The maximum Gasteiger partial charge on any atom is 0.248 e. The summed E-state index contributed by atoms with van der Waals surface area (Å²) in [5.74, 6) is 2.12. The number of rotatable bonds is 6. The number of aromatic nitrogens is 4. The van der Waals surface area contributed by atoms with Gasteiger partial charge in [0.05, 0.1) is 5.52 Å². The van der Waals surface area contributed by atoms with Gasteiger partial charge >= 0.3 is 0 Å². The fourth-order valence-electron chi connectivity index (χ4n) is 3.86. The van der Waals surface area contributed by atoms with Gasteiger partial charge in [-0.2, -0.15) is 0 Å². The molecule has 1 aromatic carbocycles. The number of fused-ring (bicyclic) bond motifs is 1. The lowest BCUT2D eigenvalue weighted by Crippen LogP contribution is -2.21. The van der Waals surface area contributed by atoms with Crippen LogP contribution in [0.1, 0.15) is 30.7 Å². The molecule has 156 valence electrons. The van der Waals surface area contributed by atoms with Crippen molar-refractivity contribution in [3.8, 4) is 0 Å². The van der Waals surface area contributed by atoms with E-state index in [1.807, 2.05) is 36.8 Å². The summed E-state index contributed by atoms with van der Waals surface area (Å²) < 4.78 is 0. The van der Waals surface area contributed by atoms with E-state index in [1.54, 1.807) is 6.33 Å². The van der Waals surface area contributed by atoms with E-state index in [9.17, 15) is 4.79 Å². The first-order valence-electron chi connectivity index (χ1n) is 10.5. The summed E-state index contributed by atoms with van der Waals surface area (Å²) in [7, 11) is 0. The molecule has 1 saturated heterocycles. The number of aliphatic imine (C=N–C) groups is 1. The van der Waals surface area contributed by atoms with Gasteiger partial charge in [0.25, 0.3) is 0 Å². The molecule has 2 aromatic heterocycles. The molecule has 8 heteroatoms. The van der Waals surface area contributed by atoms with E-state index in [-0.39, 0.29) is 5.91 Å². The summed E-state index contributed by atoms with van der Waals surface area (Å²) in [6.07, 6.45) is 12.0. The fraction of sp³-hybridized carbons (Fsp3) is 0.304. The van der Waals surface area contributed by atoms with E-state index in [4.69, 9.17) is 0 Å². The molecule has 2 fully saturated rings. The van der Waals surface area contributed by atoms with Crippen molar-refractivity contribution in [1.82, 2.24) is 19.9 Å². The normalized spacial score (nSPS) is 18.6. The Labute approximate surface area is 180 Å². The summed E-state index contributed by atoms with van der Waals surface area (Å²) in [6.45, 7) is 5.19. The number of carbonyl (C=O) groups is 1. The highest BCUT2D eigenvalue weighted by atomic mass is 16.1. The molecule has 31 heavy (non-hydrogen) atoms. The number of amides is 1. The molecule has 1 aliphatic carbocycles. The molecule has 1 aliphatic heterocycles. The van der Waals surface area contributed by atoms with Crippen molar-refractivity contribution >= 4 is 40.5 Å². The summed E-state index contributed by atoms with van der Waals surface area (Å²) in [6, 6.07) is 5.65. The molecule has 1 N–H and O–H groups in total. The van der Waals surface area contributed by atoms with Gasteiger partial charge in [-0.25, -0.2) is 24.9 Å². The zero-order chi connectivity index (χ0) is 21.2. The van der Waals surface area contributed by atoms with Crippen LogP contribution in [0.25, 0.3) is 10.9 Å². The van der Waals surface area contributed by atoms with E-state index in [2.05, 4.69) is 41.7 Å². The Morgan fingerprint density at radius 3 is 2.77 bits per heavy atom. The van der Waals surface area contributed by atoms with Gasteiger partial charge in [0.1, 0.15) is 12.1 Å². The molecule has 3 aromatic rings. The standard InChI is InChI=1S/C23H23N7O/c1-2-21(31)29-18-5-6-19-20(9-18)27-14-28-22(19)30-8-7-15(13-30)10-24-23-25-11-17(12-26-23)16-3-4-16/h2,5-6,9-12,14-16H,1,3-4,7-8,13H2,(H,29,31)/b24-10+. The number of nitrogens with one attached hydrogen (secondary N) is 1. The van der Waals surface area contributed by atoms with Crippen molar-refractivity contribution in [2.24, 2.45) is 10.9 Å². The zero-order valence-electron chi connectivity index (χ0n) is 17.1. The molecule has 3 heterocycles. The number of anilines is 2. The lowest BCUT2D eigenvalue weighted by atomic mass is 10.1. The zero-order valence-corrected chi connectivity index (χ0v) is 17.1. The predicted octanol–water partition coefficient (Wildman–Crippen LogP) is 3.65. The van der Waals surface area contributed by atoms with Gasteiger partial charge in [0.2, 0.25) is 11.9 Å². The second-order valence-corrected chi connectivity index (χ2v) is 7.99. The van der Waals surface area contributed by atoms with Crippen LogP contribution in [0.2, 0.25) is 0 Å². The van der Waals surface area contributed by atoms with Crippen molar-refractivity contribution in [3.63, 3.8) is 0 Å². The minimum atomic E-state index is -0.249. The van der Waals surface area contributed by atoms with E-state index in [1.165, 1.54) is 24.5 Å². The molecule has 1 amide bonds. The van der Waals surface area contributed by atoms with Crippen molar-refractivity contribution in [3.05, 3.63) is 55.1 Å². The average molecular weight is 413 g/mol. The first-order valence-corrected chi connectivity index (χ1v) is 10.5. The molecule has 2 aliphatic rings. The molecule has 0 bridgehead atoms. The molecule has 8 nitrogen and oxygen atoms in total. The van der Waals surface area contributed by atoms with Crippen LogP contribution in [-0.2, 0) is 4.79 Å². The molecular formula is C23H23N7O. The third kappa shape index (κ3) is 4.28. The van der Waals surface area contributed by atoms with E-state index < -0.39 is 0 Å². The van der Waals surface area contributed by atoms with E-state index in [0.717, 1.165) is 36.2 Å². The smallest absolute Gasteiger partial charge is 0.248 e. The van der Waals surface area contributed by atoms with Crippen molar-refractivity contribution < 1.29 is 4.79 Å². The molecule has 1 unspecified atom stereocenters. The second-order valence-electron chi connectivity index (χ2n) is 7.99. The minimum absolute atomic E-state index is 0.249. The SMILES string of the molecule is C=CC(=O)Nc1ccc2c(N3CCC(/C=N/c4ncc(C5CC5)cn4)C3)ncnc2c1. The summed E-state index contributed by atoms with van der Waals surface area (Å²) in [5, 5.41) is 3.72. The number of hydrogen-bond acceptors (Lipinski definition) is 7. The Hall–Kier alpha value is -3.68. The van der Waals surface area contributed by atoms with Crippen LogP contribution >= 0.6 is 0 Å². The fourth-order valence-corrected chi connectivity index (χ4v) is 3.86. The first kappa shape index (κ1) is 19.3. The van der Waals surface area contributed by atoms with Crippen LogP contribution in [0.3, 0.4) is 0 Å². The van der Waals surface area contributed by atoms with Crippen LogP contribution in [0.5, 0.6) is 0 Å². The Balaban J connectivity index is 1.28. The third-order valence-electron chi connectivity index (χ3n) is 5.70. The highest BCUT2D eigenvalue weighted by Crippen LogP contribution is 2.39. The van der Waals surface area contributed by atoms with Crippen molar-refractivity contribution in [2.45, 2.75) is 25.2 Å². The van der Waals surface area contributed by atoms with Crippen LogP contribution in [-0.4, -0.2) is 45.1 Å². The molecular weight excluding hydrogens is 390 g/mol. The van der Waals surface area contributed by atoms with Gasteiger partial charge in [-0.3, -0.25) is 4.79 Å². The number of benzene rings is 1. The molecule has 0 spiro atoms. The van der Waals surface area contributed by atoms with Gasteiger partial charge in [0.15, 0.2) is 0 Å². The van der Waals surface area contributed by atoms with Crippen LogP contribution in [0.15, 0.2) is 54.6 Å². The van der Waals surface area contributed by atoms with Crippen molar-refractivity contribution in [2.75, 3.05) is 23.3 Å². The maximum absolute atomic E-state index is 11.6. The molecule has 5 rings (SSSR count). The summed E-state index contributed by atoms with van der Waals surface area (Å²) in [4.78, 5) is 35.9. The highest BCUT2D eigenvalue weighted by Gasteiger charge is 2.25. The van der Waals surface area contributed by atoms with Gasteiger partial charge in [-0.15, -0.1) is 0 Å². The van der Waals surface area contributed by atoms with Crippen LogP contribution in [0, 0.1) is 5.92 Å². The molecule has 1 saturated carbocycles. The number of hydrogen-bond donors (Lipinski definition) is 1. The largest absolute Gasteiger partial charge is 0.355 e. The second kappa shape index (κ2) is 8.22. The maximum atomic E-state index is 11.6. The molecule has 1 atom stereocenters. The summed E-state index contributed by atoms with van der Waals surface area (Å²) in [5.41, 5.74) is 2.68. The number of nitrogens with zero attached hydrogens (tertiary/aromatic N) is 6. The van der Waals surface area contributed by atoms with E-state index in [0.29, 0.717) is 23.5 Å².